The monoisotopic (exact) mass is 270 g/mol. The summed E-state index contributed by atoms with van der Waals surface area (Å²) in [5, 5.41) is 0. The van der Waals surface area contributed by atoms with Crippen LogP contribution in [0, 0.1) is 0 Å². The Morgan fingerprint density at radius 1 is 1.36 bits per heavy atom. The van der Waals surface area contributed by atoms with Crippen LogP contribution >= 0.6 is 22.6 Å². The van der Waals surface area contributed by atoms with Gasteiger partial charge in [-0.1, -0.05) is 28.7 Å². The molecule has 0 heterocycles. The molecule has 0 bridgehead atoms. The minimum atomic E-state index is -0.177. The van der Waals surface area contributed by atoms with E-state index in [0.29, 0.717) is 0 Å². The number of methoxy groups -OCH3 is 2. The van der Waals surface area contributed by atoms with Crippen LogP contribution in [0.3, 0.4) is 0 Å². The number of hydrogen-bond donors (Lipinski definition) is 0. The molecular formula is C8H15IO2. The van der Waals surface area contributed by atoms with Crippen molar-refractivity contribution in [3.05, 3.63) is 12.2 Å². The van der Waals surface area contributed by atoms with Crippen molar-refractivity contribution >= 4 is 22.6 Å². The van der Waals surface area contributed by atoms with Gasteiger partial charge in [-0.05, 0) is 23.3 Å². The minimum absolute atomic E-state index is 0.177. The SMILES string of the molecule is COC(/C=C\CCCI)OC. The van der Waals surface area contributed by atoms with E-state index in [1.807, 2.05) is 6.08 Å². The normalized spacial score (nSPS) is 11.6. The topological polar surface area (TPSA) is 18.5 Å². The lowest BCUT2D eigenvalue weighted by Gasteiger charge is -2.06. The van der Waals surface area contributed by atoms with Gasteiger partial charge in [0.25, 0.3) is 0 Å². The molecule has 0 atom stereocenters. The second-order valence-electron chi connectivity index (χ2n) is 2.10. The summed E-state index contributed by atoms with van der Waals surface area (Å²) in [6.45, 7) is 0. The van der Waals surface area contributed by atoms with Gasteiger partial charge in [-0.3, -0.25) is 0 Å². The lowest BCUT2D eigenvalue weighted by atomic mass is 10.3. The van der Waals surface area contributed by atoms with Gasteiger partial charge >= 0.3 is 0 Å². The molecule has 0 aliphatic carbocycles. The number of rotatable bonds is 6. The van der Waals surface area contributed by atoms with Gasteiger partial charge in [-0.2, -0.15) is 0 Å². The summed E-state index contributed by atoms with van der Waals surface area (Å²) in [5.74, 6) is 0. The van der Waals surface area contributed by atoms with Gasteiger partial charge in [-0.25, -0.2) is 0 Å². The first-order valence-electron chi connectivity index (χ1n) is 3.63. The molecule has 0 aromatic carbocycles. The maximum atomic E-state index is 4.97. The molecule has 0 saturated carbocycles. The first kappa shape index (κ1) is 11.4. The zero-order chi connectivity index (χ0) is 8.53. The van der Waals surface area contributed by atoms with E-state index < -0.39 is 0 Å². The fourth-order valence-electron chi connectivity index (χ4n) is 0.656. The quantitative estimate of drug-likeness (QED) is 0.242. The molecule has 0 aromatic heterocycles. The molecule has 2 nitrogen and oxygen atoms in total. The zero-order valence-electron chi connectivity index (χ0n) is 7.05. The summed E-state index contributed by atoms with van der Waals surface area (Å²) >= 11 is 2.37. The molecule has 0 N–H and O–H groups in total. The maximum absolute atomic E-state index is 4.97. The van der Waals surface area contributed by atoms with Crippen molar-refractivity contribution in [2.75, 3.05) is 18.6 Å². The molecule has 0 fully saturated rings. The Morgan fingerprint density at radius 3 is 2.45 bits per heavy atom. The van der Waals surface area contributed by atoms with Crippen LogP contribution in [-0.4, -0.2) is 24.9 Å². The van der Waals surface area contributed by atoms with Crippen molar-refractivity contribution in [1.82, 2.24) is 0 Å². The Morgan fingerprint density at radius 2 is 2.00 bits per heavy atom. The van der Waals surface area contributed by atoms with E-state index in [2.05, 4.69) is 28.7 Å². The number of hydrogen-bond acceptors (Lipinski definition) is 2. The standard InChI is InChI=1S/C8H15IO2/c1-10-8(11-2)6-4-3-5-7-9/h4,6,8H,3,5,7H2,1-2H3/b6-4-. The number of alkyl halides is 1. The molecule has 0 aliphatic heterocycles. The smallest absolute Gasteiger partial charge is 0.176 e. The van der Waals surface area contributed by atoms with Crippen molar-refractivity contribution in [3.8, 4) is 0 Å². The molecule has 0 aliphatic rings. The van der Waals surface area contributed by atoms with Crippen LogP contribution in [0.1, 0.15) is 12.8 Å². The Kier molecular flexibility index (Phi) is 8.79. The third-order valence-electron chi connectivity index (χ3n) is 1.26. The highest BCUT2D eigenvalue weighted by atomic mass is 127. The Labute approximate surface area is 82.1 Å². The Balaban J connectivity index is 3.36. The van der Waals surface area contributed by atoms with E-state index in [4.69, 9.17) is 9.47 Å². The lowest BCUT2D eigenvalue weighted by molar-refractivity contribution is -0.0667. The lowest BCUT2D eigenvalue weighted by Crippen LogP contribution is -2.08. The van der Waals surface area contributed by atoms with Crippen molar-refractivity contribution in [2.45, 2.75) is 19.1 Å². The fourth-order valence-corrected chi connectivity index (χ4v) is 1.10. The van der Waals surface area contributed by atoms with E-state index in [0.717, 1.165) is 6.42 Å². The summed E-state index contributed by atoms with van der Waals surface area (Å²) < 4.78 is 11.1. The van der Waals surface area contributed by atoms with Gasteiger partial charge in [0, 0.05) is 14.2 Å². The zero-order valence-corrected chi connectivity index (χ0v) is 9.21. The Hall–Kier alpha value is 0.390. The molecule has 0 amide bonds. The summed E-state index contributed by atoms with van der Waals surface area (Å²) in [6.07, 6.45) is 6.18. The molecule has 66 valence electrons. The van der Waals surface area contributed by atoms with Crippen molar-refractivity contribution in [1.29, 1.82) is 0 Å². The number of allylic oxidation sites excluding steroid dienone is 1. The summed E-state index contributed by atoms with van der Waals surface area (Å²) in [6, 6.07) is 0. The van der Waals surface area contributed by atoms with E-state index in [1.54, 1.807) is 14.2 Å². The number of ether oxygens (including phenoxy) is 2. The van der Waals surface area contributed by atoms with Gasteiger partial charge < -0.3 is 9.47 Å². The average Bonchev–Trinajstić information content (AvgIpc) is 2.05. The highest BCUT2D eigenvalue weighted by Crippen LogP contribution is 1.98. The van der Waals surface area contributed by atoms with Gasteiger partial charge in [0.15, 0.2) is 6.29 Å². The van der Waals surface area contributed by atoms with E-state index in [9.17, 15) is 0 Å². The third kappa shape index (κ3) is 6.77. The molecule has 0 radical (unpaired) electrons. The largest absolute Gasteiger partial charge is 0.352 e. The van der Waals surface area contributed by atoms with Gasteiger partial charge in [0.2, 0.25) is 0 Å². The van der Waals surface area contributed by atoms with Crippen LogP contribution in [0.15, 0.2) is 12.2 Å². The molecular weight excluding hydrogens is 255 g/mol. The molecule has 0 saturated heterocycles. The molecule has 0 aromatic rings. The van der Waals surface area contributed by atoms with Crippen LogP contribution in [0.25, 0.3) is 0 Å². The van der Waals surface area contributed by atoms with Crippen LogP contribution < -0.4 is 0 Å². The first-order valence-corrected chi connectivity index (χ1v) is 5.16. The second kappa shape index (κ2) is 8.49. The van der Waals surface area contributed by atoms with Gasteiger partial charge in [0.05, 0.1) is 0 Å². The minimum Gasteiger partial charge on any atom is -0.352 e. The predicted molar refractivity (Wildman–Crippen MR) is 55.1 cm³/mol. The fraction of sp³-hybridized carbons (Fsp3) is 0.750. The van der Waals surface area contributed by atoms with E-state index in [1.165, 1.54) is 10.8 Å². The first-order chi connectivity index (χ1) is 5.35. The maximum Gasteiger partial charge on any atom is 0.176 e. The average molecular weight is 270 g/mol. The van der Waals surface area contributed by atoms with Crippen LogP contribution in [-0.2, 0) is 9.47 Å². The number of halogens is 1. The highest BCUT2D eigenvalue weighted by molar-refractivity contribution is 14.1. The van der Waals surface area contributed by atoms with Crippen molar-refractivity contribution in [2.24, 2.45) is 0 Å². The van der Waals surface area contributed by atoms with Crippen molar-refractivity contribution < 1.29 is 9.47 Å². The molecule has 3 heteroatoms. The van der Waals surface area contributed by atoms with Crippen LogP contribution in [0.4, 0.5) is 0 Å². The summed E-state index contributed by atoms with van der Waals surface area (Å²) in [7, 11) is 3.27. The van der Waals surface area contributed by atoms with Gasteiger partial charge in [0.1, 0.15) is 0 Å². The van der Waals surface area contributed by atoms with E-state index >= 15 is 0 Å². The molecule has 11 heavy (non-hydrogen) atoms. The van der Waals surface area contributed by atoms with Crippen molar-refractivity contribution in [3.63, 3.8) is 0 Å². The molecule has 0 rings (SSSR count). The predicted octanol–water partition coefficient (Wildman–Crippen LogP) is 2.38. The van der Waals surface area contributed by atoms with Crippen LogP contribution in [0.5, 0.6) is 0 Å². The Bertz CT molecular complexity index is 100. The number of unbranched alkanes of at least 4 members (excludes halogenated alkanes) is 1. The second-order valence-corrected chi connectivity index (χ2v) is 3.18. The van der Waals surface area contributed by atoms with E-state index in [-0.39, 0.29) is 6.29 Å². The summed E-state index contributed by atoms with van der Waals surface area (Å²) in [5.41, 5.74) is 0. The third-order valence-corrected chi connectivity index (χ3v) is 2.03. The highest BCUT2D eigenvalue weighted by Gasteiger charge is 1.95. The van der Waals surface area contributed by atoms with Gasteiger partial charge in [-0.15, -0.1) is 0 Å². The van der Waals surface area contributed by atoms with Crippen LogP contribution in [0.2, 0.25) is 0 Å². The summed E-state index contributed by atoms with van der Waals surface area (Å²) in [4.78, 5) is 0. The molecule has 0 unspecified atom stereocenters. The molecule has 0 spiro atoms.